The van der Waals surface area contributed by atoms with E-state index in [4.69, 9.17) is 4.74 Å². The van der Waals surface area contributed by atoms with Crippen LogP contribution < -0.4 is 5.56 Å². The Morgan fingerprint density at radius 3 is 2.63 bits per heavy atom. The molecule has 4 aromatic heterocycles. The van der Waals surface area contributed by atoms with E-state index < -0.39 is 0 Å². The van der Waals surface area contributed by atoms with E-state index >= 15 is 0 Å². The van der Waals surface area contributed by atoms with Crippen molar-refractivity contribution < 1.29 is 9.53 Å². The van der Waals surface area contributed by atoms with Crippen molar-refractivity contribution in [3.05, 3.63) is 80.7 Å². The van der Waals surface area contributed by atoms with Crippen molar-refractivity contribution in [2.75, 3.05) is 26.3 Å². The summed E-state index contributed by atoms with van der Waals surface area (Å²) in [4.78, 5) is 31.5. The second-order valence-electron chi connectivity index (χ2n) is 10.3. The van der Waals surface area contributed by atoms with Crippen LogP contribution in [0.4, 0.5) is 0 Å². The Hall–Kier alpha value is -3.49. The summed E-state index contributed by atoms with van der Waals surface area (Å²) in [5.41, 5.74) is 8.28. The topological polar surface area (TPSA) is 84.6 Å². The first-order valence-corrected chi connectivity index (χ1v) is 13.5. The van der Waals surface area contributed by atoms with Gasteiger partial charge in [0.25, 0.3) is 5.56 Å². The number of hydrogen-bond donors (Lipinski definition) is 1. The third-order valence-electron chi connectivity index (χ3n) is 7.89. The van der Waals surface area contributed by atoms with Crippen LogP contribution in [0.2, 0.25) is 0 Å². The van der Waals surface area contributed by atoms with E-state index in [2.05, 4.69) is 52.4 Å². The average molecular weight is 516 g/mol. The van der Waals surface area contributed by atoms with E-state index in [-0.39, 0.29) is 23.8 Å². The molecule has 5 heterocycles. The van der Waals surface area contributed by atoms with Gasteiger partial charge in [0.15, 0.2) is 5.78 Å². The third-order valence-corrected chi connectivity index (χ3v) is 7.89. The summed E-state index contributed by atoms with van der Waals surface area (Å²) in [6.45, 7) is 14.1. The number of Topliss-reactive ketones (excluding diaryl/α,β-unsaturated/α-hetero) is 1. The molecule has 0 spiro atoms. The highest BCUT2D eigenvalue weighted by Crippen LogP contribution is 2.32. The van der Waals surface area contributed by atoms with Gasteiger partial charge in [-0.1, -0.05) is 0 Å². The SMILES string of the molecule is CCn1nccc1-c1cc2cc(C(=O)CCc3c(C)cc(C)[nH]c3=O)c(C)c(C(C)N3CCOCC3)n2c1. The van der Waals surface area contributed by atoms with Crippen molar-refractivity contribution in [1.29, 1.82) is 0 Å². The number of ketones is 1. The first-order chi connectivity index (χ1) is 18.3. The van der Waals surface area contributed by atoms with Crippen molar-refractivity contribution in [3.63, 3.8) is 0 Å². The maximum Gasteiger partial charge on any atom is 0.251 e. The van der Waals surface area contributed by atoms with Gasteiger partial charge in [0.1, 0.15) is 0 Å². The van der Waals surface area contributed by atoms with E-state index in [9.17, 15) is 9.59 Å². The number of fused-ring (bicyclic) bond motifs is 1. The zero-order chi connectivity index (χ0) is 27.0. The first-order valence-electron chi connectivity index (χ1n) is 13.5. The van der Waals surface area contributed by atoms with Gasteiger partial charge in [-0.3, -0.25) is 19.2 Å². The predicted octanol–water partition coefficient (Wildman–Crippen LogP) is 4.64. The van der Waals surface area contributed by atoms with Gasteiger partial charge < -0.3 is 14.1 Å². The normalized spacial score (nSPS) is 15.3. The highest BCUT2D eigenvalue weighted by molar-refractivity contribution is 5.99. The standard InChI is InChI=1S/C30H37N5O3/c1-6-35-27(9-10-31-35)23-16-24-17-26(28(36)8-7-25-19(2)15-20(3)32-30(25)37)21(4)29(34(24)18-23)22(5)33-11-13-38-14-12-33/h9-10,15-18,22H,6-8,11-14H2,1-5H3,(H,32,37). The number of morpholine rings is 1. The fourth-order valence-corrected chi connectivity index (χ4v) is 5.85. The van der Waals surface area contributed by atoms with Crippen molar-refractivity contribution >= 4 is 11.3 Å². The van der Waals surface area contributed by atoms with Crippen LogP contribution in [0.5, 0.6) is 0 Å². The molecule has 1 aliphatic rings. The number of ether oxygens (including phenoxy) is 1. The number of rotatable bonds is 8. The van der Waals surface area contributed by atoms with Crippen LogP contribution in [0.15, 0.2) is 41.5 Å². The smallest absolute Gasteiger partial charge is 0.251 e. The maximum absolute atomic E-state index is 13.7. The molecule has 0 aliphatic carbocycles. The fourth-order valence-electron chi connectivity index (χ4n) is 5.85. The molecule has 4 aromatic rings. The molecule has 5 rings (SSSR count). The van der Waals surface area contributed by atoms with Crippen LogP contribution in [0.25, 0.3) is 16.8 Å². The average Bonchev–Trinajstić information content (AvgIpc) is 3.54. The van der Waals surface area contributed by atoms with E-state index in [0.29, 0.717) is 25.2 Å². The fraction of sp³-hybridized carbons (Fsp3) is 0.433. The third kappa shape index (κ3) is 4.86. The minimum absolute atomic E-state index is 0.0566. The zero-order valence-corrected chi connectivity index (χ0v) is 23.0. The molecule has 0 radical (unpaired) electrons. The van der Waals surface area contributed by atoms with E-state index in [1.54, 1.807) is 0 Å². The van der Waals surface area contributed by atoms with E-state index in [0.717, 1.165) is 64.5 Å². The molecular formula is C30H37N5O3. The van der Waals surface area contributed by atoms with Crippen LogP contribution in [0.1, 0.15) is 64.7 Å². The zero-order valence-electron chi connectivity index (χ0n) is 23.0. The first kappa shape index (κ1) is 26.1. The number of H-pyrrole nitrogens is 1. The maximum atomic E-state index is 13.7. The quantitative estimate of drug-likeness (QED) is 0.346. The van der Waals surface area contributed by atoms with E-state index in [1.807, 2.05) is 42.9 Å². The van der Waals surface area contributed by atoms with Crippen molar-refractivity contribution in [2.45, 2.75) is 60.0 Å². The number of aromatic nitrogens is 4. The Bertz CT molecular complexity index is 1540. The van der Waals surface area contributed by atoms with Gasteiger partial charge in [-0.2, -0.15) is 5.10 Å². The lowest BCUT2D eigenvalue weighted by molar-refractivity contribution is 0.0187. The lowest BCUT2D eigenvalue weighted by Crippen LogP contribution is -2.39. The number of carbonyl (C=O) groups excluding carboxylic acids is 1. The second-order valence-corrected chi connectivity index (χ2v) is 10.3. The molecule has 0 amide bonds. The van der Waals surface area contributed by atoms with Crippen molar-refractivity contribution in [2.24, 2.45) is 0 Å². The van der Waals surface area contributed by atoms with Gasteiger partial charge in [0.2, 0.25) is 0 Å². The molecule has 1 unspecified atom stereocenters. The molecule has 0 aromatic carbocycles. The number of hydrogen-bond acceptors (Lipinski definition) is 5. The molecule has 0 saturated carbocycles. The van der Waals surface area contributed by atoms with Gasteiger partial charge in [-0.15, -0.1) is 0 Å². The molecule has 1 atom stereocenters. The number of pyridine rings is 2. The molecule has 200 valence electrons. The monoisotopic (exact) mass is 515 g/mol. The van der Waals surface area contributed by atoms with E-state index in [1.165, 1.54) is 0 Å². The molecule has 0 bridgehead atoms. The summed E-state index contributed by atoms with van der Waals surface area (Å²) in [6, 6.07) is 8.25. The number of carbonyl (C=O) groups is 1. The Kier molecular flexibility index (Phi) is 7.36. The number of nitrogens with one attached hydrogen (secondary N) is 1. The summed E-state index contributed by atoms with van der Waals surface area (Å²) in [7, 11) is 0. The highest BCUT2D eigenvalue weighted by Gasteiger charge is 2.26. The predicted molar refractivity (Wildman–Crippen MR) is 149 cm³/mol. The van der Waals surface area contributed by atoms with Gasteiger partial charge >= 0.3 is 0 Å². The minimum Gasteiger partial charge on any atom is -0.379 e. The number of aryl methyl sites for hydroxylation is 3. The molecule has 38 heavy (non-hydrogen) atoms. The van der Waals surface area contributed by atoms with Crippen LogP contribution in [-0.2, 0) is 17.7 Å². The Morgan fingerprint density at radius 1 is 1.16 bits per heavy atom. The molecule has 1 aliphatic heterocycles. The van der Waals surface area contributed by atoms with Gasteiger partial charge in [0, 0.05) is 78.1 Å². The van der Waals surface area contributed by atoms with Crippen LogP contribution in [-0.4, -0.2) is 56.2 Å². The summed E-state index contributed by atoms with van der Waals surface area (Å²) >= 11 is 0. The van der Waals surface area contributed by atoms with Crippen molar-refractivity contribution in [3.8, 4) is 11.3 Å². The molecule has 8 heteroatoms. The van der Waals surface area contributed by atoms with Crippen LogP contribution in [0.3, 0.4) is 0 Å². The summed E-state index contributed by atoms with van der Waals surface area (Å²) in [5, 5.41) is 4.45. The molecule has 1 fully saturated rings. The Morgan fingerprint density at radius 2 is 1.92 bits per heavy atom. The van der Waals surface area contributed by atoms with Crippen LogP contribution >= 0.6 is 0 Å². The Balaban J connectivity index is 1.57. The molecule has 1 N–H and O–H groups in total. The molecular weight excluding hydrogens is 478 g/mol. The van der Waals surface area contributed by atoms with Gasteiger partial charge in [-0.25, -0.2) is 0 Å². The highest BCUT2D eigenvalue weighted by atomic mass is 16.5. The Labute approximate surface area is 223 Å². The summed E-state index contributed by atoms with van der Waals surface area (Å²) in [6.07, 6.45) is 4.70. The second kappa shape index (κ2) is 10.7. The minimum atomic E-state index is -0.104. The van der Waals surface area contributed by atoms with Crippen molar-refractivity contribution in [1.82, 2.24) is 24.1 Å². The largest absolute Gasteiger partial charge is 0.379 e. The van der Waals surface area contributed by atoms with Gasteiger partial charge in [0.05, 0.1) is 18.9 Å². The molecule has 1 saturated heterocycles. The number of nitrogens with zero attached hydrogens (tertiary/aromatic N) is 4. The lowest BCUT2D eigenvalue weighted by Gasteiger charge is -2.34. The summed E-state index contributed by atoms with van der Waals surface area (Å²) in [5.74, 6) is 0.0566. The van der Waals surface area contributed by atoms with Gasteiger partial charge in [-0.05, 0) is 76.4 Å². The van der Waals surface area contributed by atoms with Crippen LogP contribution in [0, 0.1) is 20.8 Å². The number of aromatic amines is 1. The lowest BCUT2D eigenvalue weighted by atomic mass is 9.95. The summed E-state index contributed by atoms with van der Waals surface area (Å²) < 4.78 is 9.83. The molecule has 8 nitrogen and oxygen atoms in total.